The molecule has 16 heavy (non-hydrogen) atoms. The predicted octanol–water partition coefficient (Wildman–Crippen LogP) is 1.48. The molecule has 0 aliphatic rings. The van der Waals surface area contributed by atoms with E-state index in [1.807, 2.05) is 38.1 Å². The molecule has 0 aromatic carbocycles. The van der Waals surface area contributed by atoms with E-state index in [1.165, 1.54) is 0 Å². The molecule has 0 aliphatic heterocycles. The minimum absolute atomic E-state index is 0.0329. The zero-order valence-corrected chi connectivity index (χ0v) is 9.82. The predicted molar refractivity (Wildman–Crippen MR) is 62.2 cm³/mol. The lowest BCUT2D eigenvalue weighted by atomic mass is 10.0. The number of carbonyl (C=O) groups excluding carboxylic acids is 1. The zero-order chi connectivity index (χ0) is 12.1. The van der Waals surface area contributed by atoms with E-state index in [0.29, 0.717) is 6.42 Å². The Kier molecular flexibility index (Phi) is 4.01. The fraction of sp³-hybridized carbons (Fsp3) is 0.417. The molecule has 1 aromatic heterocycles. The molecule has 0 saturated carbocycles. The first-order valence-corrected chi connectivity index (χ1v) is 5.06. The lowest BCUT2D eigenvalue weighted by molar-refractivity contribution is -0.117. The molecule has 0 fully saturated rings. The van der Waals surface area contributed by atoms with Gasteiger partial charge in [0.1, 0.15) is 5.82 Å². The van der Waals surface area contributed by atoms with E-state index in [0.717, 1.165) is 16.9 Å². The van der Waals surface area contributed by atoms with Crippen LogP contribution < -0.4 is 4.90 Å². The van der Waals surface area contributed by atoms with E-state index < -0.39 is 0 Å². The first-order chi connectivity index (χ1) is 7.54. The van der Waals surface area contributed by atoms with Gasteiger partial charge in [-0.25, -0.2) is 4.98 Å². The lowest BCUT2D eigenvalue weighted by Crippen LogP contribution is -2.12. The third kappa shape index (κ3) is 3.06. The van der Waals surface area contributed by atoms with Crippen LogP contribution in [0.4, 0.5) is 5.82 Å². The van der Waals surface area contributed by atoms with Crippen LogP contribution in [0.5, 0.6) is 0 Å². The van der Waals surface area contributed by atoms with Gasteiger partial charge in [0.15, 0.2) is 5.78 Å². The van der Waals surface area contributed by atoms with E-state index in [1.54, 1.807) is 6.20 Å². The second-order valence-electron chi connectivity index (χ2n) is 3.91. The molecule has 1 aromatic rings. The van der Waals surface area contributed by atoms with Crippen LogP contribution in [0.1, 0.15) is 17.5 Å². The Bertz CT molecular complexity index is 432. The number of hydrogen-bond acceptors (Lipinski definition) is 4. The monoisotopic (exact) mass is 217 g/mol. The molecule has 0 spiro atoms. The minimum atomic E-state index is -0.0648. The van der Waals surface area contributed by atoms with Crippen LogP contribution in [0.25, 0.3) is 0 Å². The van der Waals surface area contributed by atoms with Crippen molar-refractivity contribution in [2.24, 2.45) is 0 Å². The number of aromatic nitrogens is 1. The SMILES string of the molecule is Cc1cc(N(C)C)ncc1CC(=O)CC#N. The van der Waals surface area contributed by atoms with Crippen LogP contribution in [-0.4, -0.2) is 24.9 Å². The van der Waals surface area contributed by atoms with Crippen molar-refractivity contribution in [3.05, 3.63) is 23.4 Å². The smallest absolute Gasteiger partial charge is 0.151 e. The molecule has 0 atom stereocenters. The summed E-state index contributed by atoms with van der Waals surface area (Å²) in [5.41, 5.74) is 1.93. The summed E-state index contributed by atoms with van der Waals surface area (Å²) in [6, 6.07) is 3.80. The Hall–Kier alpha value is -1.89. The standard InChI is InChI=1S/C12H15N3O/c1-9-6-12(15(2)3)14-8-10(9)7-11(16)4-5-13/h6,8H,4,7H2,1-3H3. The van der Waals surface area contributed by atoms with Crippen molar-refractivity contribution in [1.29, 1.82) is 5.26 Å². The minimum Gasteiger partial charge on any atom is -0.363 e. The number of pyridine rings is 1. The first kappa shape index (κ1) is 12.2. The molecule has 0 unspecified atom stereocenters. The van der Waals surface area contributed by atoms with Gasteiger partial charge >= 0.3 is 0 Å². The first-order valence-electron chi connectivity index (χ1n) is 5.06. The summed E-state index contributed by atoms with van der Waals surface area (Å²) < 4.78 is 0. The van der Waals surface area contributed by atoms with Crippen molar-refractivity contribution >= 4 is 11.6 Å². The fourth-order valence-electron chi connectivity index (χ4n) is 1.36. The summed E-state index contributed by atoms with van der Waals surface area (Å²) in [5.74, 6) is 0.805. The van der Waals surface area contributed by atoms with Crippen molar-refractivity contribution in [3.8, 4) is 6.07 Å². The Balaban J connectivity index is 2.84. The van der Waals surface area contributed by atoms with E-state index in [-0.39, 0.29) is 12.2 Å². The van der Waals surface area contributed by atoms with Gasteiger partial charge in [0, 0.05) is 26.7 Å². The maximum Gasteiger partial charge on any atom is 0.151 e. The Morgan fingerprint density at radius 1 is 1.56 bits per heavy atom. The van der Waals surface area contributed by atoms with E-state index in [4.69, 9.17) is 5.26 Å². The van der Waals surface area contributed by atoms with Gasteiger partial charge in [-0.05, 0) is 24.1 Å². The molecule has 1 rings (SSSR count). The fourth-order valence-corrected chi connectivity index (χ4v) is 1.36. The van der Waals surface area contributed by atoms with Crippen LogP contribution in [0.15, 0.2) is 12.3 Å². The second kappa shape index (κ2) is 5.26. The molecular formula is C12H15N3O. The highest BCUT2D eigenvalue weighted by Gasteiger charge is 2.07. The number of aryl methyl sites for hydroxylation is 1. The summed E-state index contributed by atoms with van der Waals surface area (Å²) in [6.07, 6.45) is 1.97. The average Bonchev–Trinajstić information content (AvgIpc) is 2.21. The maximum atomic E-state index is 11.3. The van der Waals surface area contributed by atoms with Crippen LogP contribution in [-0.2, 0) is 11.2 Å². The van der Waals surface area contributed by atoms with Gasteiger partial charge in [0.25, 0.3) is 0 Å². The summed E-state index contributed by atoms with van der Waals surface area (Å²) in [5, 5.41) is 8.41. The van der Waals surface area contributed by atoms with Crippen molar-refractivity contribution in [2.45, 2.75) is 19.8 Å². The van der Waals surface area contributed by atoms with E-state index in [2.05, 4.69) is 4.98 Å². The molecular weight excluding hydrogens is 202 g/mol. The van der Waals surface area contributed by atoms with Crippen LogP contribution in [0.2, 0.25) is 0 Å². The van der Waals surface area contributed by atoms with E-state index >= 15 is 0 Å². The number of rotatable bonds is 4. The number of anilines is 1. The number of nitriles is 1. The Morgan fingerprint density at radius 2 is 2.25 bits per heavy atom. The van der Waals surface area contributed by atoms with Gasteiger partial charge in [0.2, 0.25) is 0 Å². The summed E-state index contributed by atoms with van der Waals surface area (Å²) >= 11 is 0. The highest BCUT2D eigenvalue weighted by Crippen LogP contribution is 2.14. The normalized spacial score (nSPS) is 9.62. The maximum absolute atomic E-state index is 11.3. The van der Waals surface area contributed by atoms with Crippen molar-refractivity contribution < 1.29 is 4.79 Å². The molecule has 0 amide bonds. The molecule has 0 N–H and O–H groups in total. The Morgan fingerprint density at radius 3 is 2.75 bits per heavy atom. The topological polar surface area (TPSA) is 57.0 Å². The molecule has 1 heterocycles. The van der Waals surface area contributed by atoms with Gasteiger partial charge in [-0.3, -0.25) is 4.79 Å². The third-order valence-electron chi connectivity index (χ3n) is 2.33. The Labute approximate surface area is 95.5 Å². The number of Topliss-reactive ketones (excluding diaryl/α,β-unsaturated/α-hetero) is 1. The van der Waals surface area contributed by atoms with Crippen molar-refractivity contribution in [1.82, 2.24) is 4.98 Å². The molecule has 0 aliphatic carbocycles. The number of ketones is 1. The summed E-state index contributed by atoms with van der Waals surface area (Å²) in [7, 11) is 3.84. The molecule has 0 saturated heterocycles. The quantitative estimate of drug-likeness (QED) is 0.766. The molecule has 84 valence electrons. The number of hydrogen-bond donors (Lipinski definition) is 0. The zero-order valence-electron chi connectivity index (χ0n) is 9.82. The van der Waals surface area contributed by atoms with Crippen LogP contribution >= 0.6 is 0 Å². The molecule has 4 heteroatoms. The van der Waals surface area contributed by atoms with Crippen molar-refractivity contribution in [2.75, 3.05) is 19.0 Å². The summed E-state index contributed by atoms with van der Waals surface area (Å²) in [6.45, 7) is 1.95. The van der Waals surface area contributed by atoms with Crippen LogP contribution in [0, 0.1) is 18.3 Å². The highest BCUT2D eigenvalue weighted by atomic mass is 16.1. The van der Waals surface area contributed by atoms with Crippen LogP contribution in [0.3, 0.4) is 0 Å². The van der Waals surface area contributed by atoms with Gasteiger partial charge in [-0.15, -0.1) is 0 Å². The van der Waals surface area contributed by atoms with Gasteiger partial charge < -0.3 is 4.90 Å². The number of nitrogens with zero attached hydrogens (tertiary/aromatic N) is 3. The average molecular weight is 217 g/mol. The van der Waals surface area contributed by atoms with E-state index in [9.17, 15) is 4.79 Å². The second-order valence-corrected chi connectivity index (χ2v) is 3.91. The van der Waals surface area contributed by atoms with Crippen molar-refractivity contribution in [3.63, 3.8) is 0 Å². The lowest BCUT2D eigenvalue weighted by Gasteiger charge is -2.13. The van der Waals surface area contributed by atoms with Gasteiger partial charge in [0.05, 0.1) is 12.5 Å². The molecule has 0 bridgehead atoms. The number of carbonyl (C=O) groups is 1. The van der Waals surface area contributed by atoms with Gasteiger partial charge in [-0.2, -0.15) is 5.26 Å². The molecule has 0 radical (unpaired) electrons. The highest BCUT2D eigenvalue weighted by molar-refractivity contribution is 5.82. The van der Waals surface area contributed by atoms with Gasteiger partial charge in [-0.1, -0.05) is 0 Å². The largest absolute Gasteiger partial charge is 0.363 e. The molecule has 4 nitrogen and oxygen atoms in total. The third-order valence-corrected chi connectivity index (χ3v) is 2.33. The summed E-state index contributed by atoms with van der Waals surface area (Å²) in [4.78, 5) is 17.5.